The number of rotatable bonds is 7. The minimum Gasteiger partial charge on any atom is -0.456 e. The van der Waals surface area contributed by atoms with Crippen LogP contribution in [-0.4, -0.2) is 4.57 Å². The average molecular weight is 785 g/mol. The molecule has 9 aromatic carbocycles. The fourth-order valence-corrected chi connectivity index (χ4v) is 10.3. The highest BCUT2D eigenvalue weighted by Crippen LogP contribution is 2.46. The fraction of sp³-hybridized carbons (Fsp3) is 0.103. The second-order valence-corrected chi connectivity index (χ2v) is 16.7. The molecule has 0 spiro atoms. The SMILES string of the molecule is c1ccc(-c2cccc3cccc(-c4ccc(N(c5ccc6c7ccc(C8CCCCC8)cc7n(-c7ccccc7)c6c5)c5cccc6oc7ccccc7c56)cc4)c23)cc1. The highest BCUT2D eigenvalue weighted by Gasteiger charge is 2.23. The van der Waals surface area contributed by atoms with E-state index in [4.69, 9.17) is 4.42 Å². The number of benzene rings is 9. The van der Waals surface area contributed by atoms with Crippen LogP contribution in [0.4, 0.5) is 17.1 Å². The Morgan fingerprint density at radius 3 is 1.84 bits per heavy atom. The number of aromatic nitrogens is 1. The van der Waals surface area contributed by atoms with Gasteiger partial charge >= 0.3 is 0 Å². The zero-order valence-electron chi connectivity index (χ0n) is 34.0. The Labute approximate surface area is 355 Å². The normalized spacial score (nSPS) is 13.5. The van der Waals surface area contributed by atoms with E-state index in [0.717, 1.165) is 39.0 Å². The molecule has 0 N–H and O–H groups in total. The lowest BCUT2D eigenvalue weighted by molar-refractivity contribution is 0.444. The maximum atomic E-state index is 6.50. The van der Waals surface area contributed by atoms with E-state index in [1.807, 2.05) is 6.07 Å². The van der Waals surface area contributed by atoms with Crippen LogP contribution >= 0.6 is 0 Å². The Kier molecular flexibility index (Phi) is 8.59. The van der Waals surface area contributed by atoms with E-state index in [-0.39, 0.29) is 0 Å². The number of hydrogen-bond donors (Lipinski definition) is 0. The van der Waals surface area contributed by atoms with Crippen LogP contribution in [0.15, 0.2) is 205 Å². The van der Waals surface area contributed by atoms with Crippen molar-refractivity contribution in [3.63, 3.8) is 0 Å². The zero-order chi connectivity index (χ0) is 40.3. The number of nitrogens with zero attached hydrogens (tertiary/aromatic N) is 2. The molecule has 1 aliphatic rings. The smallest absolute Gasteiger partial charge is 0.137 e. The summed E-state index contributed by atoms with van der Waals surface area (Å²) in [5, 5.41) is 7.24. The van der Waals surface area contributed by atoms with Gasteiger partial charge in [-0.3, -0.25) is 0 Å². The van der Waals surface area contributed by atoms with Gasteiger partial charge in [-0.05, 0) is 118 Å². The van der Waals surface area contributed by atoms with Crippen molar-refractivity contribution in [1.82, 2.24) is 4.57 Å². The summed E-state index contributed by atoms with van der Waals surface area (Å²) in [6.45, 7) is 0. The van der Waals surface area contributed by atoms with Crippen molar-refractivity contribution in [3.8, 4) is 27.9 Å². The quantitative estimate of drug-likeness (QED) is 0.161. The largest absolute Gasteiger partial charge is 0.456 e. The fourth-order valence-electron chi connectivity index (χ4n) is 10.3. The maximum absolute atomic E-state index is 6.50. The molecule has 1 aliphatic carbocycles. The first-order valence-corrected chi connectivity index (χ1v) is 21.8. The summed E-state index contributed by atoms with van der Waals surface area (Å²) in [5.41, 5.74) is 15.0. The first-order valence-electron chi connectivity index (χ1n) is 21.8. The first-order chi connectivity index (χ1) is 30.3. The van der Waals surface area contributed by atoms with Gasteiger partial charge < -0.3 is 13.9 Å². The molecule has 12 rings (SSSR count). The molecular weight excluding hydrogens is 741 g/mol. The van der Waals surface area contributed by atoms with Gasteiger partial charge in [0, 0.05) is 33.2 Å². The monoisotopic (exact) mass is 784 g/mol. The summed E-state index contributed by atoms with van der Waals surface area (Å²) in [5.74, 6) is 0.624. The first kappa shape index (κ1) is 35.6. The molecule has 0 unspecified atom stereocenters. The summed E-state index contributed by atoms with van der Waals surface area (Å²) in [6, 6.07) is 73.2. The Morgan fingerprint density at radius 2 is 1.07 bits per heavy atom. The van der Waals surface area contributed by atoms with Gasteiger partial charge in [0.2, 0.25) is 0 Å². The zero-order valence-corrected chi connectivity index (χ0v) is 34.0. The van der Waals surface area contributed by atoms with E-state index in [0.29, 0.717) is 5.92 Å². The van der Waals surface area contributed by atoms with Crippen LogP contribution in [0.3, 0.4) is 0 Å². The van der Waals surface area contributed by atoms with Crippen molar-refractivity contribution < 1.29 is 4.42 Å². The summed E-state index contributed by atoms with van der Waals surface area (Å²) in [6.07, 6.45) is 6.54. The maximum Gasteiger partial charge on any atom is 0.137 e. The van der Waals surface area contributed by atoms with Gasteiger partial charge in [0.05, 0.1) is 22.1 Å². The predicted octanol–water partition coefficient (Wildman–Crippen LogP) is 16.7. The third-order valence-corrected chi connectivity index (χ3v) is 13.2. The highest BCUT2D eigenvalue weighted by molar-refractivity contribution is 6.15. The third-order valence-electron chi connectivity index (χ3n) is 13.2. The van der Waals surface area contributed by atoms with Crippen LogP contribution in [0.2, 0.25) is 0 Å². The van der Waals surface area contributed by atoms with E-state index in [2.05, 4.69) is 204 Å². The van der Waals surface area contributed by atoms with Crippen molar-refractivity contribution >= 4 is 71.6 Å². The second-order valence-electron chi connectivity index (χ2n) is 16.7. The molecule has 61 heavy (non-hydrogen) atoms. The van der Waals surface area contributed by atoms with Gasteiger partial charge in [-0.2, -0.15) is 0 Å². The lowest BCUT2D eigenvalue weighted by atomic mass is 9.84. The second kappa shape index (κ2) is 14.7. The Hall–Kier alpha value is -7.36. The van der Waals surface area contributed by atoms with Crippen LogP contribution in [-0.2, 0) is 0 Å². The summed E-state index contributed by atoms with van der Waals surface area (Å²) >= 11 is 0. The predicted molar refractivity (Wildman–Crippen MR) is 257 cm³/mol. The molecule has 0 atom stereocenters. The highest BCUT2D eigenvalue weighted by atomic mass is 16.3. The van der Waals surface area contributed by atoms with E-state index in [1.165, 1.54) is 98.2 Å². The molecule has 3 nitrogen and oxygen atoms in total. The van der Waals surface area contributed by atoms with Gasteiger partial charge in [-0.25, -0.2) is 0 Å². The molecule has 11 aromatic rings. The average Bonchev–Trinajstić information content (AvgIpc) is 3.88. The molecular formula is C58H44N2O. The van der Waals surface area contributed by atoms with Crippen LogP contribution < -0.4 is 4.90 Å². The van der Waals surface area contributed by atoms with Crippen molar-refractivity contribution in [2.75, 3.05) is 4.90 Å². The number of hydrogen-bond acceptors (Lipinski definition) is 2. The molecule has 2 heterocycles. The Balaban J connectivity index is 1.07. The van der Waals surface area contributed by atoms with Gasteiger partial charge in [0.25, 0.3) is 0 Å². The summed E-state index contributed by atoms with van der Waals surface area (Å²) in [7, 11) is 0. The molecule has 1 fully saturated rings. The molecule has 0 bridgehead atoms. The van der Waals surface area contributed by atoms with Gasteiger partial charge in [0.15, 0.2) is 0 Å². The topological polar surface area (TPSA) is 21.3 Å². The van der Waals surface area contributed by atoms with E-state index < -0.39 is 0 Å². The van der Waals surface area contributed by atoms with E-state index >= 15 is 0 Å². The lowest BCUT2D eigenvalue weighted by Crippen LogP contribution is -2.10. The van der Waals surface area contributed by atoms with Crippen LogP contribution in [0.25, 0.3) is 82.5 Å². The van der Waals surface area contributed by atoms with Crippen LogP contribution in [0, 0.1) is 0 Å². The molecule has 292 valence electrons. The summed E-state index contributed by atoms with van der Waals surface area (Å²) in [4.78, 5) is 2.42. The minimum atomic E-state index is 0.624. The molecule has 2 aromatic heterocycles. The molecule has 1 saturated carbocycles. The standard InChI is InChI=1S/C58H44N2O/c1-4-15-39(16-5-1)43-31-35-49-50-36-34-46(38-54(50)60(53(49)37-43)44-21-8-3-9-22-44)59(52-26-14-28-56-58(52)51-23-10-11-27-55(51)61-56)45-32-29-41(30-33-45)48-25-13-20-42-19-12-24-47(57(42)48)40-17-6-2-7-18-40/h2-3,6-14,17-39H,1,4-5,15-16H2. The number of anilines is 3. The number of para-hydroxylation sites is 2. The summed E-state index contributed by atoms with van der Waals surface area (Å²) < 4.78 is 8.98. The van der Waals surface area contributed by atoms with Crippen molar-refractivity contribution in [2.24, 2.45) is 0 Å². The molecule has 0 radical (unpaired) electrons. The Bertz CT molecular complexity index is 3380. The van der Waals surface area contributed by atoms with Crippen molar-refractivity contribution in [2.45, 2.75) is 38.0 Å². The van der Waals surface area contributed by atoms with Gasteiger partial charge in [0.1, 0.15) is 11.2 Å². The van der Waals surface area contributed by atoms with Crippen molar-refractivity contribution in [3.05, 3.63) is 206 Å². The molecule has 3 heteroatoms. The van der Waals surface area contributed by atoms with Gasteiger partial charge in [-0.1, -0.05) is 159 Å². The number of fused-ring (bicyclic) bond motifs is 7. The van der Waals surface area contributed by atoms with E-state index in [9.17, 15) is 0 Å². The van der Waals surface area contributed by atoms with Crippen molar-refractivity contribution in [1.29, 1.82) is 0 Å². The molecule has 0 aliphatic heterocycles. The number of furan rings is 1. The lowest BCUT2D eigenvalue weighted by Gasteiger charge is -2.27. The van der Waals surface area contributed by atoms with Crippen LogP contribution in [0.1, 0.15) is 43.6 Å². The molecule has 0 saturated heterocycles. The van der Waals surface area contributed by atoms with E-state index in [1.54, 1.807) is 0 Å². The van der Waals surface area contributed by atoms with Gasteiger partial charge in [-0.15, -0.1) is 0 Å². The minimum absolute atomic E-state index is 0.624. The molecule has 0 amide bonds. The van der Waals surface area contributed by atoms with Crippen LogP contribution in [0.5, 0.6) is 0 Å². The Morgan fingerprint density at radius 1 is 0.443 bits per heavy atom. The third kappa shape index (κ3) is 6.03.